The third-order valence-electron chi connectivity index (χ3n) is 4.91. The lowest BCUT2D eigenvalue weighted by molar-refractivity contribution is 1.40. The highest BCUT2D eigenvalue weighted by molar-refractivity contribution is 14.1. The molecule has 0 aliphatic rings. The van der Waals surface area contributed by atoms with E-state index in [1.165, 1.54) is 21.5 Å². The first-order chi connectivity index (χ1) is 13.3. The average molecular weight is 479 g/mol. The zero-order valence-electron chi connectivity index (χ0n) is 14.9. The summed E-state index contributed by atoms with van der Waals surface area (Å²) in [6, 6.07) is 44.1. The third-order valence-corrected chi connectivity index (χ3v) is 12.4. The Bertz CT molecular complexity index is 873. The van der Waals surface area contributed by atoms with Crippen molar-refractivity contribution >= 4 is 45.8 Å². The van der Waals surface area contributed by atoms with Gasteiger partial charge in [-0.1, -0.05) is 84.9 Å². The van der Waals surface area contributed by atoms with E-state index in [1.807, 2.05) is 0 Å². The minimum atomic E-state index is -1.88. The largest absolute Gasteiger partial charge is 0.158 e. The van der Waals surface area contributed by atoms with E-state index in [0.29, 0.717) is 3.67 Å². The van der Waals surface area contributed by atoms with Crippen molar-refractivity contribution < 1.29 is 0 Å². The second-order valence-corrected chi connectivity index (χ2v) is 12.2. The van der Waals surface area contributed by atoms with Crippen LogP contribution >= 0.6 is 29.9 Å². The molecule has 0 heterocycles. The Morgan fingerprint density at radius 3 is 1.07 bits per heavy atom. The molecule has 2 heteroatoms. The van der Waals surface area contributed by atoms with Crippen LogP contribution in [0.5, 0.6) is 0 Å². The molecule has 0 saturated carbocycles. The monoisotopic (exact) mass is 479 g/mol. The molecule has 0 amide bonds. The van der Waals surface area contributed by atoms with Gasteiger partial charge in [-0.25, -0.2) is 0 Å². The van der Waals surface area contributed by atoms with Gasteiger partial charge in [0, 0.05) is 5.56 Å². The van der Waals surface area contributed by atoms with Crippen LogP contribution in [-0.4, -0.2) is 0 Å². The predicted octanol–water partition coefficient (Wildman–Crippen LogP) is 6.11. The Morgan fingerprint density at radius 2 is 0.741 bits per heavy atom. The molecule has 0 aromatic heterocycles. The maximum absolute atomic E-state index is 2.68. The molecule has 1 unspecified atom stereocenters. The van der Waals surface area contributed by atoms with Crippen LogP contribution in [0, 0.1) is 0 Å². The molecule has 0 N–H and O–H groups in total. The Kier molecular flexibility index (Phi) is 5.71. The molecule has 4 aromatic rings. The van der Waals surface area contributed by atoms with Gasteiger partial charge in [0.1, 0.15) is 23.2 Å². The van der Waals surface area contributed by atoms with Gasteiger partial charge < -0.3 is 0 Å². The van der Waals surface area contributed by atoms with Crippen LogP contribution in [0.4, 0.5) is 0 Å². The van der Waals surface area contributed by atoms with Crippen molar-refractivity contribution in [2.75, 3.05) is 0 Å². The lowest BCUT2D eigenvalue weighted by Gasteiger charge is -2.32. The summed E-state index contributed by atoms with van der Waals surface area (Å²) in [6.45, 7) is 0. The fourth-order valence-electron chi connectivity index (χ4n) is 3.66. The molecule has 4 rings (SSSR count). The average Bonchev–Trinajstić information content (AvgIpc) is 2.77. The van der Waals surface area contributed by atoms with E-state index in [1.54, 1.807) is 0 Å². The molecular weight excluding hydrogens is 458 g/mol. The van der Waals surface area contributed by atoms with Gasteiger partial charge in [0.05, 0.1) is 0 Å². The van der Waals surface area contributed by atoms with Crippen LogP contribution in [0.3, 0.4) is 0 Å². The van der Waals surface area contributed by atoms with Gasteiger partial charge in [0.2, 0.25) is 0 Å². The Hall–Kier alpha value is -1.96. The van der Waals surface area contributed by atoms with Crippen LogP contribution in [0.2, 0.25) is 0 Å². The molecule has 132 valence electrons. The van der Waals surface area contributed by atoms with Gasteiger partial charge in [-0.15, -0.1) is 0 Å². The molecule has 0 saturated heterocycles. The molecule has 0 spiro atoms. The van der Waals surface area contributed by atoms with Crippen molar-refractivity contribution in [2.24, 2.45) is 0 Å². The second-order valence-electron chi connectivity index (χ2n) is 6.48. The van der Waals surface area contributed by atoms with Crippen LogP contribution in [0.25, 0.3) is 0 Å². The first-order valence-electron chi connectivity index (χ1n) is 9.08. The summed E-state index contributed by atoms with van der Waals surface area (Å²) in [6.07, 6.45) is 0. The van der Waals surface area contributed by atoms with Crippen LogP contribution in [-0.2, 0) is 0 Å². The highest BCUT2D eigenvalue weighted by atomic mass is 127. The lowest BCUT2D eigenvalue weighted by Crippen LogP contribution is -2.33. The van der Waals surface area contributed by atoms with Crippen molar-refractivity contribution in [3.8, 4) is 0 Å². The van der Waals surface area contributed by atoms with Gasteiger partial charge >= 0.3 is 0 Å². The summed E-state index contributed by atoms with van der Waals surface area (Å²) in [5.41, 5.74) is 1.38. The molecule has 0 aliphatic carbocycles. The summed E-state index contributed by atoms with van der Waals surface area (Å²) in [5, 5.41) is 4.27. The molecule has 27 heavy (non-hydrogen) atoms. The van der Waals surface area contributed by atoms with Gasteiger partial charge in [-0.2, -0.15) is 0 Å². The van der Waals surface area contributed by atoms with E-state index in [4.69, 9.17) is 0 Å². The van der Waals surface area contributed by atoms with Gasteiger partial charge in [0.25, 0.3) is 0 Å². The normalized spacial score (nSPS) is 12.5. The molecule has 0 aliphatic heterocycles. The number of alkyl halides is 1. The fourth-order valence-corrected chi connectivity index (χ4v) is 11.2. The van der Waals surface area contributed by atoms with Gasteiger partial charge in [-0.3, -0.25) is 0 Å². The maximum atomic E-state index is 2.68. The highest BCUT2D eigenvalue weighted by Gasteiger charge is 2.51. The topological polar surface area (TPSA) is 0 Å². The number of halogens is 1. The Morgan fingerprint density at radius 1 is 0.444 bits per heavy atom. The first-order valence-corrected chi connectivity index (χ1v) is 12.2. The summed E-state index contributed by atoms with van der Waals surface area (Å²) in [7, 11) is -1.88. The van der Waals surface area contributed by atoms with E-state index >= 15 is 0 Å². The van der Waals surface area contributed by atoms with E-state index in [9.17, 15) is 0 Å². The summed E-state index contributed by atoms with van der Waals surface area (Å²) in [4.78, 5) is 0. The minimum Gasteiger partial charge on any atom is -0.0622 e. The molecule has 0 bridgehead atoms. The predicted molar refractivity (Wildman–Crippen MR) is 128 cm³/mol. The molecule has 1 atom stereocenters. The van der Waals surface area contributed by atoms with Crippen molar-refractivity contribution in [1.82, 2.24) is 0 Å². The molecule has 0 nitrogen and oxygen atoms in total. The smallest absolute Gasteiger partial charge is 0.0622 e. The minimum absolute atomic E-state index is 0.350. The van der Waals surface area contributed by atoms with Gasteiger partial charge in [-0.05, 0) is 59.0 Å². The van der Waals surface area contributed by atoms with Crippen molar-refractivity contribution in [3.63, 3.8) is 0 Å². The van der Waals surface area contributed by atoms with E-state index in [-0.39, 0.29) is 0 Å². The van der Waals surface area contributed by atoms with E-state index in [0.717, 1.165) is 0 Å². The molecular formula is C25H21IP+. The van der Waals surface area contributed by atoms with Gasteiger partial charge in [0.15, 0.2) is 3.67 Å². The van der Waals surface area contributed by atoms with Crippen LogP contribution in [0.1, 0.15) is 9.23 Å². The Balaban J connectivity index is 2.07. The zero-order chi connectivity index (χ0) is 18.5. The second kappa shape index (κ2) is 8.37. The van der Waals surface area contributed by atoms with Crippen molar-refractivity contribution in [2.45, 2.75) is 3.67 Å². The SMILES string of the molecule is IC(c1ccccc1)[P+](c1ccccc1)(c1ccccc1)c1ccccc1. The van der Waals surface area contributed by atoms with E-state index < -0.39 is 7.26 Å². The first kappa shape index (κ1) is 18.4. The lowest BCUT2D eigenvalue weighted by atomic mass is 10.2. The van der Waals surface area contributed by atoms with Crippen LogP contribution in [0.15, 0.2) is 121 Å². The standard InChI is InChI=1S/C25H21IP/c26-25(21-13-5-1-6-14-21)27(22-15-7-2-8-16-22,23-17-9-3-10-18-23)24-19-11-4-12-20-24/h1-20,25H/q+1. The summed E-state index contributed by atoms with van der Waals surface area (Å²) >= 11 is 2.68. The van der Waals surface area contributed by atoms with E-state index in [2.05, 4.69) is 144 Å². The highest BCUT2D eigenvalue weighted by Crippen LogP contribution is 2.69. The Labute approximate surface area is 175 Å². The number of hydrogen-bond donors (Lipinski definition) is 0. The number of benzene rings is 4. The fraction of sp³-hybridized carbons (Fsp3) is 0.0400. The third kappa shape index (κ3) is 3.47. The van der Waals surface area contributed by atoms with Crippen molar-refractivity contribution in [1.29, 1.82) is 0 Å². The van der Waals surface area contributed by atoms with Crippen molar-refractivity contribution in [3.05, 3.63) is 127 Å². The number of hydrogen-bond acceptors (Lipinski definition) is 0. The molecule has 4 aromatic carbocycles. The maximum Gasteiger partial charge on any atom is 0.158 e. The summed E-state index contributed by atoms with van der Waals surface area (Å²) in [5.74, 6) is 0. The molecule has 0 fully saturated rings. The summed E-state index contributed by atoms with van der Waals surface area (Å²) < 4.78 is 0.350. The quantitative estimate of drug-likeness (QED) is 0.184. The van der Waals surface area contributed by atoms with Crippen LogP contribution < -0.4 is 15.9 Å². The number of rotatable bonds is 5. The zero-order valence-corrected chi connectivity index (χ0v) is 18.0. The molecule has 0 radical (unpaired) electrons.